The number of benzene rings is 1. The van der Waals surface area contributed by atoms with Crippen LogP contribution in [0.5, 0.6) is 5.75 Å². The monoisotopic (exact) mass is 254 g/mol. The molecule has 0 fully saturated rings. The van der Waals surface area contributed by atoms with Gasteiger partial charge in [0.25, 0.3) is 0 Å². The lowest BCUT2D eigenvalue weighted by atomic mass is 10.1. The standard InChI is InChI=1S/C12H12ClFN2O/c1-2-5-16-11(3-4-15-16)8-6-9(13)10(14)7-12(8)17/h3-4,6-7,17H,2,5H2,1H3. The number of aromatic nitrogens is 2. The molecular weight excluding hydrogens is 243 g/mol. The van der Waals surface area contributed by atoms with Gasteiger partial charge in [0.2, 0.25) is 0 Å². The molecule has 1 N–H and O–H groups in total. The summed E-state index contributed by atoms with van der Waals surface area (Å²) in [6.07, 6.45) is 2.56. The van der Waals surface area contributed by atoms with Crippen molar-refractivity contribution in [2.24, 2.45) is 0 Å². The summed E-state index contributed by atoms with van der Waals surface area (Å²) in [5, 5.41) is 13.9. The molecule has 0 aliphatic rings. The van der Waals surface area contributed by atoms with Crippen LogP contribution >= 0.6 is 11.6 Å². The van der Waals surface area contributed by atoms with E-state index in [0.717, 1.165) is 24.7 Å². The van der Waals surface area contributed by atoms with Crippen LogP contribution < -0.4 is 0 Å². The highest BCUT2D eigenvalue weighted by Gasteiger charge is 2.13. The zero-order valence-electron chi connectivity index (χ0n) is 9.32. The van der Waals surface area contributed by atoms with E-state index in [1.54, 1.807) is 16.9 Å². The normalized spacial score (nSPS) is 10.8. The lowest BCUT2D eigenvalue weighted by molar-refractivity contribution is 0.470. The van der Waals surface area contributed by atoms with E-state index in [4.69, 9.17) is 11.6 Å². The van der Waals surface area contributed by atoms with Gasteiger partial charge in [0.15, 0.2) is 0 Å². The van der Waals surface area contributed by atoms with Gasteiger partial charge in [0, 0.05) is 24.4 Å². The summed E-state index contributed by atoms with van der Waals surface area (Å²) in [4.78, 5) is 0. The molecule has 0 saturated heterocycles. The van der Waals surface area contributed by atoms with Gasteiger partial charge in [-0.2, -0.15) is 5.10 Å². The Kier molecular flexibility index (Phi) is 3.33. The van der Waals surface area contributed by atoms with E-state index in [9.17, 15) is 9.50 Å². The molecule has 0 radical (unpaired) electrons. The van der Waals surface area contributed by atoms with Crippen molar-refractivity contribution in [1.29, 1.82) is 0 Å². The van der Waals surface area contributed by atoms with Crippen LogP contribution in [0.2, 0.25) is 5.02 Å². The first-order valence-corrected chi connectivity index (χ1v) is 5.71. The molecule has 0 atom stereocenters. The predicted molar refractivity (Wildman–Crippen MR) is 64.6 cm³/mol. The number of rotatable bonds is 3. The second-order valence-corrected chi connectivity index (χ2v) is 4.13. The van der Waals surface area contributed by atoms with Crippen LogP contribution in [0, 0.1) is 5.82 Å². The fourth-order valence-corrected chi connectivity index (χ4v) is 1.86. The molecule has 0 bridgehead atoms. The maximum atomic E-state index is 13.1. The quantitative estimate of drug-likeness (QED) is 0.911. The average Bonchev–Trinajstić information content (AvgIpc) is 2.72. The summed E-state index contributed by atoms with van der Waals surface area (Å²) in [5.41, 5.74) is 1.22. The van der Waals surface area contributed by atoms with Crippen molar-refractivity contribution in [2.75, 3.05) is 0 Å². The Morgan fingerprint density at radius 1 is 1.47 bits per heavy atom. The van der Waals surface area contributed by atoms with Crippen molar-refractivity contribution < 1.29 is 9.50 Å². The van der Waals surface area contributed by atoms with E-state index < -0.39 is 5.82 Å². The second-order valence-electron chi connectivity index (χ2n) is 3.72. The molecule has 1 aromatic carbocycles. The number of phenolic OH excluding ortho intramolecular Hbond substituents is 1. The predicted octanol–water partition coefficient (Wildman–Crippen LogP) is 3.46. The van der Waals surface area contributed by atoms with Gasteiger partial charge >= 0.3 is 0 Å². The molecular formula is C12H12ClFN2O. The molecule has 0 unspecified atom stereocenters. The highest BCUT2D eigenvalue weighted by Crippen LogP contribution is 2.33. The number of hydrogen-bond acceptors (Lipinski definition) is 2. The molecule has 0 spiro atoms. The third-order valence-corrected chi connectivity index (χ3v) is 2.76. The van der Waals surface area contributed by atoms with Crippen molar-refractivity contribution in [3.05, 3.63) is 35.2 Å². The molecule has 90 valence electrons. The van der Waals surface area contributed by atoms with Gasteiger partial charge in [0.1, 0.15) is 11.6 Å². The van der Waals surface area contributed by atoms with Gasteiger partial charge in [0.05, 0.1) is 10.7 Å². The van der Waals surface area contributed by atoms with Gasteiger partial charge in [-0.25, -0.2) is 4.39 Å². The first kappa shape index (κ1) is 11.9. The highest BCUT2D eigenvalue weighted by atomic mass is 35.5. The first-order chi connectivity index (χ1) is 8.13. The number of hydrogen-bond donors (Lipinski definition) is 1. The minimum Gasteiger partial charge on any atom is -0.507 e. The highest BCUT2D eigenvalue weighted by molar-refractivity contribution is 6.31. The first-order valence-electron chi connectivity index (χ1n) is 5.33. The van der Waals surface area contributed by atoms with Crippen LogP contribution in [0.1, 0.15) is 13.3 Å². The van der Waals surface area contributed by atoms with Crippen molar-refractivity contribution in [1.82, 2.24) is 9.78 Å². The molecule has 1 aromatic heterocycles. The minimum absolute atomic E-state index is 0.0120. The van der Waals surface area contributed by atoms with Gasteiger partial charge in [-0.3, -0.25) is 4.68 Å². The van der Waals surface area contributed by atoms with Crippen molar-refractivity contribution in [2.45, 2.75) is 19.9 Å². The molecule has 0 aliphatic carbocycles. The minimum atomic E-state index is -0.630. The van der Waals surface area contributed by atoms with Gasteiger partial charge in [-0.05, 0) is 18.6 Å². The van der Waals surface area contributed by atoms with Gasteiger partial charge in [-0.15, -0.1) is 0 Å². The van der Waals surface area contributed by atoms with E-state index in [-0.39, 0.29) is 10.8 Å². The largest absolute Gasteiger partial charge is 0.507 e. The SMILES string of the molecule is CCCn1nccc1-c1cc(Cl)c(F)cc1O. The number of nitrogens with zero attached hydrogens (tertiary/aromatic N) is 2. The maximum absolute atomic E-state index is 13.1. The second kappa shape index (κ2) is 4.75. The summed E-state index contributed by atoms with van der Waals surface area (Å²) in [5.74, 6) is -0.765. The molecule has 0 saturated carbocycles. The van der Waals surface area contributed by atoms with E-state index in [0.29, 0.717) is 5.56 Å². The fourth-order valence-electron chi connectivity index (χ4n) is 1.69. The average molecular weight is 255 g/mol. The molecule has 17 heavy (non-hydrogen) atoms. The van der Waals surface area contributed by atoms with Crippen LogP contribution in [0.3, 0.4) is 0 Å². The van der Waals surface area contributed by atoms with Crippen molar-refractivity contribution in [3.63, 3.8) is 0 Å². The molecule has 1 heterocycles. The number of halogens is 2. The summed E-state index contributed by atoms with van der Waals surface area (Å²) in [6, 6.07) is 4.19. The lowest BCUT2D eigenvalue weighted by Gasteiger charge is -2.09. The smallest absolute Gasteiger partial charge is 0.145 e. The Hall–Kier alpha value is -1.55. The summed E-state index contributed by atoms with van der Waals surface area (Å²) in [6.45, 7) is 2.76. The lowest BCUT2D eigenvalue weighted by Crippen LogP contribution is -2.01. The fraction of sp³-hybridized carbons (Fsp3) is 0.250. The Balaban J connectivity index is 2.52. The van der Waals surface area contributed by atoms with Crippen molar-refractivity contribution >= 4 is 11.6 Å². The van der Waals surface area contributed by atoms with E-state index in [1.807, 2.05) is 6.92 Å². The number of phenols is 1. The molecule has 3 nitrogen and oxygen atoms in total. The van der Waals surface area contributed by atoms with Crippen LogP contribution in [0.15, 0.2) is 24.4 Å². The third-order valence-electron chi connectivity index (χ3n) is 2.47. The van der Waals surface area contributed by atoms with Gasteiger partial charge < -0.3 is 5.11 Å². The Morgan fingerprint density at radius 2 is 2.24 bits per heavy atom. The Morgan fingerprint density at radius 3 is 2.94 bits per heavy atom. The van der Waals surface area contributed by atoms with E-state index in [1.165, 1.54) is 6.07 Å². The maximum Gasteiger partial charge on any atom is 0.145 e. The molecule has 5 heteroatoms. The zero-order chi connectivity index (χ0) is 12.4. The topological polar surface area (TPSA) is 38.0 Å². The summed E-state index contributed by atoms with van der Waals surface area (Å²) >= 11 is 5.72. The van der Waals surface area contributed by atoms with Crippen LogP contribution in [-0.4, -0.2) is 14.9 Å². The number of aryl methyl sites for hydroxylation is 1. The molecule has 0 amide bonds. The number of aromatic hydroxyl groups is 1. The van der Waals surface area contributed by atoms with Gasteiger partial charge in [-0.1, -0.05) is 18.5 Å². The van der Waals surface area contributed by atoms with Crippen LogP contribution in [0.25, 0.3) is 11.3 Å². The summed E-state index contributed by atoms with van der Waals surface area (Å²) < 4.78 is 14.9. The van der Waals surface area contributed by atoms with Crippen LogP contribution in [-0.2, 0) is 6.54 Å². The summed E-state index contributed by atoms with van der Waals surface area (Å²) in [7, 11) is 0. The zero-order valence-corrected chi connectivity index (χ0v) is 10.1. The van der Waals surface area contributed by atoms with E-state index >= 15 is 0 Å². The van der Waals surface area contributed by atoms with E-state index in [2.05, 4.69) is 5.10 Å². The molecule has 2 aromatic rings. The van der Waals surface area contributed by atoms with Crippen molar-refractivity contribution in [3.8, 4) is 17.0 Å². The Labute approximate surface area is 103 Å². The third kappa shape index (κ3) is 2.26. The van der Waals surface area contributed by atoms with Crippen LogP contribution in [0.4, 0.5) is 4.39 Å². The molecule has 0 aliphatic heterocycles. The Bertz CT molecular complexity index is 539. The molecule has 2 rings (SSSR count).